The fourth-order valence-electron chi connectivity index (χ4n) is 1.99. The molecule has 1 saturated carbocycles. The maximum Gasteiger partial charge on any atom is 0.270 e. The van der Waals surface area contributed by atoms with E-state index in [4.69, 9.17) is 5.73 Å². The van der Waals surface area contributed by atoms with Gasteiger partial charge in [-0.15, -0.1) is 0 Å². The van der Waals surface area contributed by atoms with Crippen LogP contribution in [0.4, 0.5) is 5.82 Å². The van der Waals surface area contributed by atoms with E-state index in [2.05, 4.69) is 10.3 Å². The number of carbonyl (C=O) groups is 1. The third kappa shape index (κ3) is 2.14. The van der Waals surface area contributed by atoms with Crippen molar-refractivity contribution in [1.82, 2.24) is 10.3 Å². The smallest absolute Gasteiger partial charge is 0.270 e. The Morgan fingerprint density at radius 3 is 2.94 bits per heavy atom. The second kappa shape index (κ2) is 4.29. The number of amides is 1. The van der Waals surface area contributed by atoms with Crippen LogP contribution in [-0.4, -0.2) is 17.4 Å². The summed E-state index contributed by atoms with van der Waals surface area (Å²) in [6, 6.07) is 9.46. The maximum atomic E-state index is 11.9. The third-order valence-corrected chi connectivity index (χ3v) is 3.25. The summed E-state index contributed by atoms with van der Waals surface area (Å²) in [6.45, 7) is 0.743. The first-order chi connectivity index (χ1) is 8.74. The number of hydrogen-bond acceptors (Lipinski definition) is 3. The monoisotopic (exact) mass is 241 g/mol. The minimum Gasteiger partial charge on any atom is -0.383 e. The van der Waals surface area contributed by atoms with Crippen LogP contribution in [0.5, 0.6) is 0 Å². The highest BCUT2D eigenvalue weighted by Crippen LogP contribution is 2.27. The van der Waals surface area contributed by atoms with E-state index >= 15 is 0 Å². The lowest BCUT2D eigenvalue weighted by atomic mass is 10.1. The van der Waals surface area contributed by atoms with Crippen LogP contribution < -0.4 is 11.1 Å². The van der Waals surface area contributed by atoms with Crippen LogP contribution in [0, 0.1) is 5.92 Å². The number of nitrogens with two attached hydrogens (primary N) is 1. The molecule has 0 atom stereocenters. The fraction of sp³-hybridized carbons (Fsp3) is 0.286. The van der Waals surface area contributed by atoms with E-state index in [9.17, 15) is 4.79 Å². The molecule has 4 heteroatoms. The van der Waals surface area contributed by atoms with Crippen LogP contribution in [0.15, 0.2) is 30.3 Å². The van der Waals surface area contributed by atoms with Crippen molar-refractivity contribution in [1.29, 1.82) is 0 Å². The quantitative estimate of drug-likeness (QED) is 0.863. The second-order valence-electron chi connectivity index (χ2n) is 4.77. The zero-order chi connectivity index (χ0) is 12.5. The van der Waals surface area contributed by atoms with Gasteiger partial charge in [0.05, 0.1) is 0 Å². The van der Waals surface area contributed by atoms with Gasteiger partial charge in [0.2, 0.25) is 0 Å². The molecule has 1 fully saturated rings. The van der Waals surface area contributed by atoms with Crippen LogP contribution in [-0.2, 0) is 0 Å². The van der Waals surface area contributed by atoms with E-state index in [1.54, 1.807) is 6.07 Å². The van der Waals surface area contributed by atoms with Crippen LogP contribution in [0.3, 0.4) is 0 Å². The normalized spacial score (nSPS) is 14.7. The molecule has 0 aliphatic heterocycles. The summed E-state index contributed by atoms with van der Waals surface area (Å²) in [7, 11) is 0. The lowest BCUT2D eigenvalue weighted by Gasteiger charge is -2.06. The van der Waals surface area contributed by atoms with E-state index in [0.717, 1.165) is 17.3 Å². The molecule has 1 heterocycles. The van der Waals surface area contributed by atoms with Gasteiger partial charge < -0.3 is 11.1 Å². The molecule has 1 amide bonds. The zero-order valence-corrected chi connectivity index (χ0v) is 10.0. The Bertz CT molecular complexity index is 605. The average Bonchev–Trinajstić information content (AvgIpc) is 3.20. The predicted octanol–water partition coefficient (Wildman–Crippen LogP) is 1.96. The van der Waals surface area contributed by atoms with Crippen LogP contribution in [0.2, 0.25) is 0 Å². The molecular formula is C14H15N3O. The minimum absolute atomic E-state index is 0.139. The largest absolute Gasteiger partial charge is 0.383 e. The molecular weight excluding hydrogens is 226 g/mol. The molecule has 0 saturated heterocycles. The van der Waals surface area contributed by atoms with Crippen molar-refractivity contribution in [2.45, 2.75) is 12.8 Å². The summed E-state index contributed by atoms with van der Waals surface area (Å²) >= 11 is 0. The number of hydrogen-bond donors (Lipinski definition) is 2. The molecule has 2 aromatic rings. The average molecular weight is 241 g/mol. The van der Waals surface area contributed by atoms with Crippen molar-refractivity contribution >= 4 is 22.5 Å². The second-order valence-corrected chi connectivity index (χ2v) is 4.77. The van der Waals surface area contributed by atoms with Gasteiger partial charge in [0.1, 0.15) is 11.5 Å². The maximum absolute atomic E-state index is 11.9. The SMILES string of the molecule is Nc1nc(C(=O)NCC2CC2)cc2ccccc12. The standard InChI is InChI=1S/C14H15N3O/c15-13-11-4-2-1-3-10(11)7-12(17-13)14(18)16-8-9-5-6-9/h1-4,7,9H,5-6,8H2,(H2,15,17)(H,16,18). The molecule has 18 heavy (non-hydrogen) atoms. The molecule has 0 bridgehead atoms. The van der Waals surface area contributed by atoms with Gasteiger partial charge in [-0.25, -0.2) is 4.98 Å². The van der Waals surface area contributed by atoms with Gasteiger partial charge in [-0.1, -0.05) is 24.3 Å². The summed E-state index contributed by atoms with van der Waals surface area (Å²) in [5.41, 5.74) is 6.27. The van der Waals surface area contributed by atoms with Crippen molar-refractivity contribution in [3.8, 4) is 0 Å². The van der Waals surface area contributed by atoms with Gasteiger partial charge in [0, 0.05) is 11.9 Å². The number of anilines is 1. The van der Waals surface area contributed by atoms with Crippen molar-refractivity contribution in [2.24, 2.45) is 5.92 Å². The van der Waals surface area contributed by atoms with Crippen molar-refractivity contribution in [3.05, 3.63) is 36.0 Å². The predicted molar refractivity (Wildman–Crippen MR) is 71.2 cm³/mol. The van der Waals surface area contributed by atoms with Crippen LogP contribution in [0.1, 0.15) is 23.3 Å². The van der Waals surface area contributed by atoms with E-state index < -0.39 is 0 Å². The first kappa shape index (κ1) is 11.0. The van der Waals surface area contributed by atoms with E-state index in [1.807, 2.05) is 24.3 Å². The Kier molecular flexibility index (Phi) is 2.63. The number of rotatable bonds is 3. The van der Waals surface area contributed by atoms with Gasteiger partial charge in [0.15, 0.2) is 0 Å². The molecule has 1 aliphatic rings. The molecule has 0 radical (unpaired) electrons. The van der Waals surface area contributed by atoms with Gasteiger partial charge in [-0.05, 0) is 30.2 Å². The minimum atomic E-state index is -0.139. The number of fused-ring (bicyclic) bond motifs is 1. The molecule has 4 nitrogen and oxygen atoms in total. The number of aromatic nitrogens is 1. The molecule has 3 rings (SSSR count). The van der Waals surface area contributed by atoms with E-state index in [0.29, 0.717) is 17.4 Å². The molecule has 0 spiro atoms. The van der Waals surface area contributed by atoms with E-state index in [1.165, 1.54) is 12.8 Å². The number of benzene rings is 1. The zero-order valence-electron chi connectivity index (χ0n) is 10.0. The number of nitrogens with zero attached hydrogens (tertiary/aromatic N) is 1. The van der Waals surface area contributed by atoms with Gasteiger partial charge in [0.25, 0.3) is 5.91 Å². The Hall–Kier alpha value is -2.10. The lowest BCUT2D eigenvalue weighted by molar-refractivity contribution is 0.0947. The Balaban J connectivity index is 1.88. The third-order valence-electron chi connectivity index (χ3n) is 3.25. The summed E-state index contributed by atoms with van der Waals surface area (Å²) in [4.78, 5) is 16.1. The molecule has 1 aliphatic carbocycles. The van der Waals surface area contributed by atoms with Gasteiger partial charge >= 0.3 is 0 Å². The highest BCUT2D eigenvalue weighted by Gasteiger charge is 2.22. The topological polar surface area (TPSA) is 68.0 Å². The molecule has 1 aromatic heterocycles. The summed E-state index contributed by atoms with van der Waals surface area (Å²) < 4.78 is 0. The Labute approximate surface area is 105 Å². The first-order valence-electron chi connectivity index (χ1n) is 6.17. The van der Waals surface area contributed by atoms with Crippen molar-refractivity contribution in [3.63, 3.8) is 0 Å². The first-order valence-corrected chi connectivity index (χ1v) is 6.17. The number of nitrogens with one attached hydrogen (secondary N) is 1. The molecule has 3 N–H and O–H groups in total. The van der Waals surface area contributed by atoms with Crippen molar-refractivity contribution < 1.29 is 4.79 Å². The van der Waals surface area contributed by atoms with Crippen LogP contribution in [0.25, 0.3) is 10.8 Å². The fourth-order valence-corrected chi connectivity index (χ4v) is 1.99. The number of nitrogen functional groups attached to an aromatic ring is 1. The van der Waals surface area contributed by atoms with Gasteiger partial charge in [-0.3, -0.25) is 4.79 Å². The molecule has 92 valence electrons. The highest BCUT2D eigenvalue weighted by atomic mass is 16.1. The Morgan fingerprint density at radius 2 is 2.17 bits per heavy atom. The summed E-state index contributed by atoms with van der Waals surface area (Å²) in [5.74, 6) is 0.927. The Morgan fingerprint density at radius 1 is 1.39 bits per heavy atom. The summed E-state index contributed by atoms with van der Waals surface area (Å²) in [5, 5.41) is 4.73. The number of pyridine rings is 1. The van der Waals surface area contributed by atoms with E-state index in [-0.39, 0.29) is 5.91 Å². The van der Waals surface area contributed by atoms with Crippen molar-refractivity contribution in [2.75, 3.05) is 12.3 Å². The lowest BCUT2D eigenvalue weighted by Crippen LogP contribution is -2.26. The highest BCUT2D eigenvalue weighted by molar-refractivity contribution is 5.99. The molecule has 1 aromatic carbocycles. The molecule has 0 unspecified atom stereocenters. The van der Waals surface area contributed by atoms with Crippen LogP contribution >= 0.6 is 0 Å². The van der Waals surface area contributed by atoms with Gasteiger partial charge in [-0.2, -0.15) is 0 Å². The summed E-state index contributed by atoms with van der Waals surface area (Å²) in [6.07, 6.45) is 2.43. The number of carbonyl (C=O) groups excluding carboxylic acids is 1.